The van der Waals surface area contributed by atoms with Crippen molar-refractivity contribution < 1.29 is 0 Å². The van der Waals surface area contributed by atoms with E-state index in [-0.39, 0.29) is 0 Å². The third-order valence-corrected chi connectivity index (χ3v) is 3.68. The summed E-state index contributed by atoms with van der Waals surface area (Å²) >= 11 is 0. The van der Waals surface area contributed by atoms with Crippen molar-refractivity contribution in [3.05, 3.63) is 79.3 Å². The van der Waals surface area contributed by atoms with Gasteiger partial charge in [0.2, 0.25) is 0 Å². The van der Waals surface area contributed by atoms with Crippen molar-refractivity contribution in [3.8, 4) is 22.5 Å². The summed E-state index contributed by atoms with van der Waals surface area (Å²) in [6, 6.07) is 19.9. The minimum absolute atomic E-state index is 0.704. The smallest absolute Gasteiger partial charge is 0.161 e. The lowest BCUT2D eigenvalue weighted by molar-refractivity contribution is 1.09. The molecule has 4 rings (SSSR count). The normalized spacial score (nSPS) is 10.5. The lowest BCUT2D eigenvalue weighted by Gasteiger charge is -2.08. The molecule has 0 atom stereocenters. The number of H-pyrrole nitrogens is 1. The van der Waals surface area contributed by atoms with E-state index in [1.54, 1.807) is 12.4 Å². The van der Waals surface area contributed by atoms with Crippen molar-refractivity contribution in [2.24, 2.45) is 0 Å². The predicted molar refractivity (Wildman–Crippen MR) is 94.8 cm³/mol. The molecule has 2 aromatic heterocycles. The van der Waals surface area contributed by atoms with Crippen LogP contribution in [0.25, 0.3) is 22.5 Å². The van der Waals surface area contributed by atoms with Crippen LogP contribution in [0.4, 0.5) is 11.5 Å². The van der Waals surface area contributed by atoms with Gasteiger partial charge in [-0.1, -0.05) is 42.5 Å². The van der Waals surface area contributed by atoms with E-state index in [0.717, 1.165) is 28.2 Å². The Kier molecular flexibility index (Phi) is 3.73. The van der Waals surface area contributed by atoms with Crippen molar-refractivity contribution in [3.63, 3.8) is 0 Å². The molecule has 0 spiro atoms. The first-order chi connectivity index (χ1) is 11.9. The third kappa shape index (κ3) is 3.01. The van der Waals surface area contributed by atoms with Crippen molar-refractivity contribution in [2.45, 2.75) is 0 Å². The Morgan fingerprint density at radius 1 is 0.792 bits per heavy atom. The van der Waals surface area contributed by atoms with Gasteiger partial charge in [0.25, 0.3) is 0 Å². The molecule has 0 saturated carbocycles. The number of hydrogen-bond donors (Lipinski definition) is 2. The Morgan fingerprint density at radius 3 is 2.38 bits per heavy atom. The van der Waals surface area contributed by atoms with Crippen LogP contribution in [0.1, 0.15) is 0 Å². The highest BCUT2D eigenvalue weighted by Crippen LogP contribution is 2.22. The van der Waals surface area contributed by atoms with E-state index in [4.69, 9.17) is 0 Å². The third-order valence-electron chi connectivity index (χ3n) is 3.68. The predicted octanol–water partition coefficient (Wildman–Crippen LogP) is 4.28. The molecule has 0 fully saturated rings. The van der Waals surface area contributed by atoms with Gasteiger partial charge in [-0.15, -0.1) is 0 Å². The molecule has 5 nitrogen and oxygen atoms in total. The van der Waals surface area contributed by atoms with Crippen LogP contribution in [-0.2, 0) is 0 Å². The van der Waals surface area contributed by atoms with E-state index in [1.807, 2.05) is 66.9 Å². The summed E-state index contributed by atoms with van der Waals surface area (Å²) in [6.07, 6.45) is 5.44. The van der Waals surface area contributed by atoms with Gasteiger partial charge in [0.05, 0.1) is 6.20 Å². The van der Waals surface area contributed by atoms with E-state index in [1.165, 1.54) is 0 Å². The minimum atomic E-state index is 0.704. The van der Waals surface area contributed by atoms with Gasteiger partial charge >= 0.3 is 0 Å². The fraction of sp³-hybridized carbons (Fsp3) is 0. The van der Waals surface area contributed by atoms with E-state index in [9.17, 15) is 0 Å². The second-order valence-electron chi connectivity index (χ2n) is 5.32. The zero-order chi connectivity index (χ0) is 16.2. The molecule has 0 saturated heterocycles. The molecular formula is C19H15N5. The van der Waals surface area contributed by atoms with Gasteiger partial charge in [-0.05, 0) is 23.8 Å². The number of nitrogens with zero attached hydrogens (tertiary/aromatic N) is 3. The zero-order valence-corrected chi connectivity index (χ0v) is 12.8. The first kappa shape index (κ1) is 14.1. The Labute approximate surface area is 139 Å². The molecule has 24 heavy (non-hydrogen) atoms. The SMILES string of the molecule is c1ccc(-c2nccc(Nc3ccc(-c4cn[nH]c4)cc3)n2)cc1. The van der Waals surface area contributed by atoms with Gasteiger partial charge in [-0.3, -0.25) is 5.10 Å². The van der Waals surface area contributed by atoms with Gasteiger partial charge in [0.15, 0.2) is 5.82 Å². The highest BCUT2D eigenvalue weighted by molar-refractivity contribution is 5.67. The monoisotopic (exact) mass is 313 g/mol. The van der Waals surface area contributed by atoms with Crippen LogP contribution < -0.4 is 5.32 Å². The van der Waals surface area contributed by atoms with Crippen molar-refractivity contribution in [1.82, 2.24) is 20.2 Å². The summed E-state index contributed by atoms with van der Waals surface area (Å²) in [7, 11) is 0. The maximum absolute atomic E-state index is 4.57. The summed E-state index contributed by atoms with van der Waals surface area (Å²) in [5, 5.41) is 10.1. The molecule has 0 aliphatic carbocycles. The molecule has 0 bridgehead atoms. The van der Waals surface area contributed by atoms with Crippen LogP contribution >= 0.6 is 0 Å². The maximum Gasteiger partial charge on any atom is 0.161 e. The minimum Gasteiger partial charge on any atom is -0.340 e. The molecule has 116 valence electrons. The molecule has 0 amide bonds. The molecular weight excluding hydrogens is 298 g/mol. The van der Waals surface area contributed by atoms with Crippen LogP contribution in [-0.4, -0.2) is 20.2 Å². The van der Waals surface area contributed by atoms with Crippen LogP contribution in [0, 0.1) is 0 Å². The number of hydrogen-bond acceptors (Lipinski definition) is 4. The molecule has 0 unspecified atom stereocenters. The van der Waals surface area contributed by atoms with E-state index < -0.39 is 0 Å². The van der Waals surface area contributed by atoms with Crippen LogP contribution in [0.15, 0.2) is 79.3 Å². The Hall–Kier alpha value is -3.47. The average molecular weight is 313 g/mol. The van der Waals surface area contributed by atoms with E-state index in [2.05, 4.69) is 25.5 Å². The number of aromatic nitrogens is 4. The molecule has 0 aliphatic rings. The maximum atomic E-state index is 4.57. The summed E-state index contributed by atoms with van der Waals surface area (Å²) in [5.74, 6) is 1.47. The Morgan fingerprint density at radius 2 is 1.62 bits per heavy atom. The standard InChI is InChI=1S/C19H15N5/c1-2-4-15(5-3-1)19-20-11-10-18(24-19)23-17-8-6-14(7-9-17)16-12-21-22-13-16/h1-13H,(H,21,22)(H,20,23,24). The van der Waals surface area contributed by atoms with E-state index >= 15 is 0 Å². The number of rotatable bonds is 4. The number of aromatic amines is 1. The summed E-state index contributed by atoms with van der Waals surface area (Å²) < 4.78 is 0. The second-order valence-corrected chi connectivity index (χ2v) is 5.32. The first-order valence-corrected chi connectivity index (χ1v) is 7.63. The fourth-order valence-corrected chi connectivity index (χ4v) is 2.46. The van der Waals surface area contributed by atoms with Gasteiger partial charge in [-0.25, -0.2) is 9.97 Å². The van der Waals surface area contributed by atoms with E-state index in [0.29, 0.717) is 5.82 Å². The lowest BCUT2D eigenvalue weighted by atomic mass is 10.1. The quantitative estimate of drug-likeness (QED) is 0.590. The number of nitrogens with one attached hydrogen (secondary N) is 2. The highest BCUT2D eigenvalue weighted by Gasteiger charge is 2.03. The molecule has 0 radical (unpaired) electrons. The van der Waals surface area contributed by atoms with Crippen molar-refractivity contribution >= 4 is 11.5 Å². The van der Waals surface area contributed by atoms with Gasteiger partial charge in [0, 0.05) is 29.2 Å². The Bertz CT molecular complexity index is 916. The highest BCUT2D eigenvalue weighted by atomic mass is 15.1. The number of benzene rings is 2. The molecule has 2 aromatic carbocycles. The molecule has 2 heterocycles. The van der Waals surface area contributed by atoms with Gasteiger partial charge < -0.3 is 5.32 Å². The zero-order valence-electron chi connectivity index (χ0n) is 12.8. The van der Waals surface area contributed by atoms with Crippen molar-refractivity contribution in [2.75, 3.05) is 5.32 Å². The van der Waals surface area contributed by atoms with Crippen LogP contribution in [0.3, 0.4) is 0 Å². The van der Waals surface area contributed by atoms with Gasteiger partial charge in [0.1, 0.15) is 5.82 Å². The van der Waals surface area contributed by atoms with Crippen LogP contribution in [0.2, 0.25) is 0 Å². The largest absolute Gasteiger partial charge is 0.340 e. The summed E-state index contributed by atoms with van der Waals surface area (Å²) in [4.78, 5) is 8.91. The molecule has 0 aliphatic heterocycles. The van der Waals surface area contributed by atoms with Crippen molar-refractivity contribution in [1.29, 1.82) is 0 Å². The molecule has 2 N–H and O–H groups in total. The molecule has 5 heteroatoms. The summed E-state index contributed by atoms with van der Waals surface area (Å²) in [6.45, 7) is 0. The topological polar surface area (TPSA) is 66.5 Å². The summed E-state index contributed by atoms with van der Waals surface area (Å²) in [5.41, 5.74) is 4.15. The average Bonchev–Trinajstić information content (AvgIpc) is 3.18. The molecule has 4 aromatic rings. The van der Waals surface area contributed by atoms with Crippen LogP contribution in [0.5, 0.6) is 0 Å². The first-order valence-electron chi connectivity index (χ1n) is 7.63. The number of anilines is 2. The lowest BCUT2D eigenvalue weighted by Crippen LogP contribution is -1.96. The Balaban J connectivity index is 1.55. The second kappa shape index (κ2) is 6.34. The fourth-order valence-electron chi connectivity index (χ4n) is 2.46. The van der Waals surface area contributed by atoms with Gasteiger partial charge in [-0.2, -0.15) is 5.10 Å².